The molecular weight excluding hydrogens is 318 g/mol. The largest absolute Gasteiger partial charge is 0.491 e. The molecular formula is C15H22ClN5O2. The maximum Gasteiger partial charge on any atom is 0.273 e. The SMILES string of the molecule is Cc1c(C(=O)NCCN)nnn1-c1ccc(OC(C)C)cc1.Cl. The highest BCUT2D eigenvalue weighted by Gasteiger charge is 2.16. The van der Waals surface area contributed by atoms with Gasteiger partial charge < -0.3 is 15.8 Å². The fourth-order valence-electron chi connectivity index (χ4n) is 1.99. The van der Waals surface area contributed by atoms with E-state index in [-0.39, 0.29) is 24.4 Å². The average Bonchev–Trinajstić information content (AvgIpc) is 2.87. The van der Waals surface area contributed by atoms with Crippen LogP contribution >= 0.6 is 12.4 Å². The van der Waals surface area contributed by atoms with Crippen LogP contribution in [-0.4, -0.2) is 40.1 Å². The normalized spacial score (nSPS) is 10.3. The third-order valence-electron chi connectivity index (χ3n) is 2.99. The third-order valence-corrected chi connectivity index (χ3v) is 2.99. The van der Waals surface area contributed by atoms with E-state index in [1.165, 1.54) is 0 Å². The van der Waals surface area contributed by atoms with Gasteiger partial charge in [0, 0.05) is 13.1 Å². The van der Waals surface area contributed by atoms with Gasteiger partial charge in [-0.2, -0.15) is 0 Å². The van der Waals surface area contributed by atoms with Crippen molar-refractivity contribution in [3.8, 4) is 11.4 Å². The lowest BCUT2D eigenvalue weighted by Gasteiger charge is -2.10. The third kappa shape index (κ3) is 4.67. The molecule has 126 valence electrons. The summed E-state index contributed by atoms with van der Waals surface area (Å²) in [6, 6.07) is 7.48. The Morgan fingerprint density at radius 3 is 2.57 bits per heavy atom. The average molecular weight is 340 g/mol. The van der Waals surface area contributed by atoms with Gasteiger partial charge in [-0.25, -0.2) is 4.68 Å². The lowest BCUT2D eigenvalue weighted by atomic mass is 10.2. The van der Waals surface area contributed by atoms with Crippen molar-refractivity contribution in [3.05, 3.63) is 35.7 Å². The number of carbonyl (C=O) groups excluding carboxylic acids is 1. The first-order valence-electron chi connectivity index (χ1n) is 7.20. The zero-order chi connectivity index (χ0) is 16.1. The minimum absolute atomic E-state index is 0. The first-order chi connectivity index (χ1) is 10.5. The Labute approximate surface area is 141 Å². The molecule has 1 amide bonds. The topological polar surface area (TPSA) is 95.1 Å². The smallest absolute Gasteiger partial charge is 0.273 e. The second-order valence-electron chi connectivity index (χ2n) is 5.14. The van der Waals surface area contributed by atoms with Crippen LogP contribution in [0.3, 0.4) is 0 Å². The van der Waals surface area contributed by atoms with Gasteiger partial charge in [-0.15, -0.1) is 17.5 Å². The van der Waals surface area contributed by atoms with Crippen LogP contribution in [0.25, 0.3) is 5.69 Å². The summed E-state index contributed by atoms with van der Waals surface area (Å²) in [5.41, 5.74) is 7.16. The number of halogens is 1. The van der Waals surface area contributed by atoms with Gasteiger partial charge in [-0.3, -0.25) is 4.79 Å². The van der Waals surface area contributed by atoms with Crippen molar-refractivity contribution in [3.63, 3.8) is 0 Å². The summed E-state index contributed by atoms with van der Waals surface area (Å²) in [5.74, 6) is 0.520. The number of nitrogens with two attached hydrogens (primary N) is 1. The molecule has 0 radical (unpaired) electrons. The van der Waals surface area contributed by atoms with Crippen LogP contribution in [0.4, 0.5) is 0 Å². The maximum absolute atomic E-state index is 11.9. The summed E-state index contributed by atoms with van der Waals surface area (Å²) in [6.07, 6.45) is 0.122. The van der Waals surface area contributed by atoms with Crippen molar-refractivity contribution in [2.24, 2.45) is 5.73 Å². The number of rotatable bonds is 6. The van der Waals surface area contributed by atoms with Gasteiger partial charge in [-0.05, 0) is 45.0 Å². The van der Waals surface area contributed by atoms with E-state index in [0.29, 0.717) is 24.5 Å². The lowest BCUT2D eigenvalue weighted by molar-refractivity contribution is 0.0949. The molecule has 0 aliphatic carbocycles. The van der Waals surface area contributed by atoms with Gasteiger partial charge in [0.25, 0.3) is 5.91 Å². The summed E-state index contributed by atoms with van der Waals surface area (Å²) in [5, 5.41) is 10.7. The van der Waals surface area contributed by atoms with Crippen LogP contribution in [-0.2, 0) is 0 Å². The van der Waals surface area contributed by atoms with E-state index in [1.54, 1.807) is 11.6 Å². The number of benzene rings is 1. The molecule has 2 aromatic rings. The number of ether oxygens (including phenoxy) is 1. The molecule has 0 aliphatic heterocycles. The monoisotopic (exact) mass is 339 g/mol. The number of hydrogen-bond acceptors (Lipinski definition) is 5. The summed E-state index contributed by atoms with van der Waals surface area (Å²) in [7, 11) is 0. The Morgan fingerprint density at radius 2 is 2.00 bits per heavy atom. The van der Waals surface area contributed by atoms with Crippen molar-refractivity contribution >= 4 is 18.3 Å². The van der Waals surface area contributed by atoms with E-state index in [1.807, 2.05) is 38.1 Å². The second kappa shape index (κ2) is 8.50. The molecule has 0 saturated carbocycles. The van der Waals surface area contributed by atoms with Gasteiger partial charge >= 0.3 is 0 Å². The molecule has 0 fully saturated rings. The summed E-state index contributed by atoms with van der Waals surface area (Å²) in [6.45, 7) is 6.54. The summed E-state index contributed by atoms with van der Waals surface area (Å²) in [4.78, 5) is 11.9. The Hall–Kier alpha value is -2.12. The predicted molar refractivity (Wildman–Crippen MR) is 90.5 cm³/mol. The summed E-state index contributed by atoms with van der Waals surface area (Å²) < 4.78 is 7.22. The number of carbonyl (C=O) groups is 1. The van der Waals surface area contributed by atoms with E-state index >= 15 is 0 Å². The highest BCUT2D eigenvalue weighted by molar-refractivity contribution is 5.93. The molecule has 0 bridgehead atoms. The fourth-order valence-corrected chi connectivity index (χ4v) is 1.99. The quantitative estimate of drug-likeness (QED) is 0.831. The standard InChI is InChI=1S/C15H21N5O2.ClH/c1-10(2)22-13-6-4-12(5-7-13)20-11(3)14(18-19-20)15(21)17-9-8-16;/h4-7,10H,8-9,16H2,1-3H3,(H,17,21);1H. The predicted octanol–water partition coefficient (Wildman–Crippen LogP) is 1.47. The molecule has 0 aliphatic rings. The number of nitrogens with zero attached hydrogens (tertiary/aromatic N) is 3. The van der Waals surface area contributed by atoms with Crippen LogP contribution in [0.5, 0.6) is 5.75 Å². The van der Waals surface area contributed by atoms with Crippen LogP contribution in [0.15, 0.2) is 24.3 Å². The van der Waals surface area contributed by atoms with Crippen LogP contribution in [0.1, 0.15) is 30.0 Å². The molecule has 0 unspecified atom stereocenters. The lowest BCUT2D eigenvalue weighted by Crippen LogP contribution is -2.29. The minimum Gasteiger partial charge on any atom is -0.491 e. The van der Waals surface area contributed by atoms with E-state index < -0.39 is 0 Å². The van der Waals surface area contributed by atoms with E-state index in [4.69, 9.17) is 10.5 Å². The van der Waals surface area contributed by atoms with Gasteiger partial charge in [0.15, 0.2) is 5.69 Å². The fraction of sp³-hybridized carbons (Fsp3) is 0.400. The Balaban J connectivity index is 0.00000264. The molecule has 3 N–H and O–H groups in total. The van der Waals surface area contributed by atoms with Gasteiger partial charge in [0.05, 0.1) is 17.5 Å². The highest BCUT2D eigenvalue weighted by atomic mass is 35.5. The molecule has 0 atom stereocenters. The Kier molecular flexibility index (Phi) is 6.99. The molecule has 7 nitrogen and oxygen atoms in total. The van der Waals surface area contributed by atoms with Crippen LogP contribution in [0, 0.1) is 6.92 Å². The molecule has 23 heavy (non-hydrogen) atoms. The minimum atomic E-state index is -0.269. The van der Waals surface area contributed by atoms with E-state index in [0.717, 1.165) is 11.4 Å². The highest BCUT2D eigenvalue weighted by Crippen LogP contribution is 2.18. The summed E-state index contributed by atoms with van der Waals surface area (Å²) >= 11 is 0. The molecule has 1 aromatic heterocycles. The van der Waals surface area contributed by atoms with Crippen molar-refractivity contribution in [2.45, 2.75) is 26.9 Å². The first-order valence-corrected chi connectivity index (χ1v) is 7.20. The van der Waals surface area contributed by atoms with Gasteiger partial charge in [0.2, 0.25) is 0 Å². The van der Waals surface area contributed by atoms with Crippen molar-refractivity contribution < 1.29 is 9.53 Å². The van der Waals surface area contributed by atoms with Crippen molar-refractivity contribution in [2.75, 3.05) is 13.1 Å². The van der Waals surface area contributed by atoms with Crippen LogP contribution in [0.2, 0.25) is 0 Å². The van der Waals surface area contributed by atoms with Crippen molar-refractivity contribution in [1.82, 2.24) is 20.3 Å². The molecule has 2 rings (SSSR count). The zero-order valence-corrected chi connectivity index (χ0v) is 14.3. The van der Waals surface area contributed by atoms with E-state index in [9.17, 15) is 4.79 Å². The van der Waals surface area contributed by atoms with E-state index in [2.05, 4.69) is 15.6 Å². The van der Waals surface area contributed by atoms with Crippen LogP contribution < -0.4 is 15.8 Å². The molecule has 1 heterocycles. The zero-order valence-electron chi connectivity index (χ0n) is 13.4. The number of aromatic nitrogens is 3. The number of amides is 1. The first kappa shape index (κ1) is 18.9. The van der Waals surface area contributed by atoms with Gasteiger partial charge in [-0.1, -0.05) is 5.21 Å². The number of nitrogens with one attached hydrogen (secondary N) is 1. The maximum atomic E-state index is 11.9. The Bertz CT molecular complexity index is 640. The molecule has 0 saturated heterocycles. The molecule has 0 spiro atoms. The molecule has 1 aromatic carbocycles. The Morgan fingerprint density at radius 1 is 1.35 bits per heavy atom. The number of hydrogen-bond donors (Lipinski definition) is 2. The van der Waals surface area contributed by atoms with Gasteiger partial charge in [0.1, 0.15) is 5.75 Å². The second-order valence-corrected chi connectivity index (χ2v) is 5.14. The molecule has 8 heteroatoms. The van der Waals surface area contributed by atoms with Crippen molar-refractivity contribution in [1.29, 1.82) is 0 Å².